The fourth-order valence-corrected chi connectivity index (χ4v) is 3.90. The molecule has 0 bridgehead atoms. The lowest BCUT2D eigenvalue weighted by Crippen LogP contribution is -2.37. The molecule has 1 saturated heterocycles. The third-order valence-electron chi connectivity index (χ3n) is 5.65. The van der Waals surface area contributed by atoms with Gasteiger partial charge in [-0.3, -0.25) is 9.58 Å². The summed E-state index contributed by atoms with van der Waals surface area (Å²) in [5, 5.41) is 9.05. The first-order valence-corrected chi connectivity index (χ1v) is 8.90. The Morgan fingerprint density at radius 3 is 2.83 bits per heavy atom. The minimum absolute atomic E-state index is 0.293. The van der Waals surface area contributed by atoms with Gasteiger partial charge in [-0.1, -0.05) is 11.6 Å². The second-order valence-corrected chi connectivity index (χ2v) is 7.17. The third kappa shape index (κ3) is 2.67. The minimum atomic E-state index is 0.293. The van der Waals surface area contributed by atoms with E-state index in [0.717, 1.165) is 37.7 Å². The summed E-state index contributed by atoms with van der Waals surface area (Å²) in [5.74, 6) is 0.577. The molecule has 4 rings (SSSR count). The van der Waals surface area contributed by atoms with E-state index in [1.165, 1.54) is 36.1 Å². The van der Waals surface area contributed by atoms with Crippen LogP contribution in [-0.2, 0) is 11.3 Å². The van der Waals surface area contributed by atoms with Crippen molar-refractivity contribution in [2.75, 3.05) is 26.8 Å². The van der Waals surface area contributed by atoms with Crippen molar-refractivity contribution in [3.05, 3.63) is 34.5 Å². The smallest absolute Gasteiger partial charge is 0.129 e. The molecule has 2 aromatic heterocycles. The van der Waals surface area contributed by atoms with Gasteiger partial charge < -0.3 is 9.26 Å². The zero-order valence-electron chi connectivity index (χ0n) is 14.8. The first-order valence-electron chi connectivity index (χ1n) is 8.90. The Morgan fingerprint density at radius 2 is 2.12 bits per heavy atom. The molecule has 6 nitrogen and oxygen atoms in total. The monoisotopic (exact) mass is 330 g/mol. The van der Waals surface area contributed by atoms with Crippen molar-refractivity contribution in [3.63, 3.8) is 0 Å². The highest BCUT2D eigenvalue weighted by Gasteiger charge is 2.29. The molecule has 1 atom stereocenters. The van der Waals surface area contributed by atoms with Crippen molar-refractivity contribution in [1.82, 2.24) is 19.8 Å². The van der Waals surface area contributed by atoms with Crippen LogP contribution < -0.4 is 0 Å². The van der Waals surface area contributed by atoms with E-state index in [-0.39, 0.29) is 0 Å². The average Bonchev–Trinajstić information content (AvgIpc) is 3.05. The molecule has 24 heavy (non-hydrogen) atoms. The number of hydrogen-bond acceptors (Lipinski definition) is 5. The fraction of sp³-hybridized carbons (Fsp3) is 0.667. The predicted octanol–water partition coefficient (Wildman–Crippen LogP) is 2.81. The highest BCUT2D eigenvalue weighted by atomic mass is 16.5. The Bertz CT molecular complexity index is 717. The van der Waals surface area contributed by atoms with Crippen molar-refractivity contribution >= 4 is 0 Å². The molecule has 1 saturated carbocycles. The van der Waals surface area contributed by atoms with Gasteiger partial charge in [-0.15, -0.1) is 0 Å². The molecule has 1 unspecified atom stereocenters. The quantitative estimate of drug-likeness (QED) is 0.863. The zero-order valence-corrected chi connectivity index (χ0v) is 14.8. The summed E-state index contributed by atoms with van der Waals surface area (Å²) < 4.78 is 13.1. The number of morpholine rings is 1. The van der Waals surface area contributed by atoms with Gasteiger partial charge in [0, 0.05) is 29.3 Å². The summed E-state index contributed by atoms with van der Waals surface area (Å²) >= 11 is 0. The molecule has 2 aliphatic rings. The fourth-order valence-electron chi connectivity index (χ4n) is 3.90. The van der Waals surface area contributed by atoms with E-state index in [1.807, 2.05) is 0 Å². The average molecular weight is 330 g/mol. The zero-order chi connectivity index (χ0) is 16.7. The standard InChI is InChI=1S/C18H26N4O2/c1-12-17(16-11-23-8-7-21(16)3)13(2)22(19-12)9-15-10-24-20-18(15)14-5-4-6-14/h10,14,16H,4-9,11H2,1-3H3. The Labute approximate surface area is 142 Å². The SMILES string of the molecule is Cc1nn(Cc2conc2C2CCC2)c(C)c1C1COCCN1C. The van der Waals surface area contributed by atoms with Crippen LogP contribution in [0, 0.1) is 13.8 Å². The van der Waals surface area contributed by atoms with E-state index in [9.17, 15) is 0 Å². The van der Waals surface area contributed by atoms with Gasteiger partial charge in [0.1, 0.15) is 6.26 Å². The molecule has 0 aromatic carbocycles. The summed E-state index contributed by atoms with van der Waals surface area (Å²) in [5.41, 5.74) is 5.92. The maximum atomic E-state index is 5.70. The van der Waals surface area contributed by atoms with Gasteiger partial charge in [-0.05, 0) is 33.7 Å². The molecule has 0 amide bonds. The number of nitrogens with zero attached hydrogens (tertiary/aromatic N) is 4. The van der Waals surface area contributed by atoms with Crippen molar-refractivity contribution in [2.45, 2.75) is 51.6 Å². The summed E-state index contributed by atoms with van der Waals surface area (Å²) in [6.07, 6.45) is 5.55. The van der Waals surface area contributed by atoms with E-state index in [1.54, 1.807) is 6.26 Å². The summed E-state index contributed by atoms with van der Waals surface area (Å²) in [6, 6.07) is 0.293. The molecule has 3 heterocycles. The number of aromatic nitrogens is 3. The van der Waals surface area contributed by atoms with E-state index in [4.69, 9.17) is 14.4 Å². The molecule has 2 aromatic rings. The van der Waals surface area contributed by atoms with Crippen LogP contribution in [0.2, 0.25) is 0 Å². The van der Waals surface area contributed by atoms with Crippen molar-refractivity contribution < 1.29 is 9.26 Å². The van der Waals surface area contributed by atoms with Gasteiger partial charge in [0.05, 0.1) is 37.2 Å². The number of hydrogen-bond donors (Lipinski definition) is 0. The largest absolute Gasteiger partial charge is 0.378 e. The van der Waals surface area contributed by atoms with Crippen LogP contribution in [0.25, 0.3) is 0 Å². The predicted molar refractivity (Wildman–Crippen MR) is 90.1 cm³/mol. The van der Waals surface area contributed by atoms with Crippen LogP contribution in [0.15, 0.2) is 10.8 Å². The lowest BCUT2D eigenvalue weighted by atomic mass is 9.81. The highest BCUT2D eigenvalue weighted by Crippen LogP contribution is 2.37. The Kier molecular flexibility index (Phi) is 4.18. The summed E-state index contributed by atoms with van der Waals surface area (Å²) in [4.78, 5) is 2.37. The van der Waals surface area contributed by atoms with Gasteiger partial charge >= 0.3 is 0 Å². The lowest BCUT2D eigenvalue weighted by Gasteiger charge is -2.32. The molecular weight excluding hydrogens is 304 g/mol. The van der Waals surface area contributed by atoms with Crippen LogP contribution >= 0.6 is 0 Å². The van der Waals surface area contributed by atoms with Gasteiger partial charge in [-0.2, -0.15) is 5.10 Å². The minimum Gasteiger partial charge on any atom is -0.378 e. The molecule has 0 spiro atoms. The number of aryl methyl sites for hydroxylation is 1. The van der Waals surface area contributed by atoms with Crippen molar-refractivity contribution in [3.8, 4) is 0 Å². The normalized spacial score (nSPS) is 22.7. The van der Waals surface area contributed by atoms with Gasteiger partial charge in [0.15, 0.2) is 0 Å². The van der Waals surface area contributed by atoms with Gasteiger partial charge in [-0.25, -0.2) is 0 Å². The van der Waals surface area contributed by atoms with Crippen molar-refractivity contribution in [2.24, 2.45) is 0 Å². The van der Waals surface area contributed by atoms with E-state index >= 15 is 0 Å². The molecule has 1 aliphatic heterocycles. The van der Waals surface area contributed by atoms with Gasteiger partial charge in [0.25, 0.3) is 0 Å². The highest BCUT2D eigenvalue weighted by molar-refractivity contribution is 5.30. The molecule has 1 aliphatic carbocycles. The van der Waals surface area contributed by atoms with Gasteiger partial charge in [0.2, 0.25) is 0 Å². The number of likely N-dealkylation sites (N-methyl/N-ethyl adjacent to an activating group) is 1. The topological polar surface area (TPSA) is 56.3 Å². The first-order chi connectivity index (χ1) is 11.6. The van der Waals surface area contributed by atoms with Crippen LogP contribution in [-0.4, -0.2) is 46.6 Å². The second-order valence-electron chi connectivity index (χ2n) is 7.17. The van der Waals surface area contributed by atoms with Crippen LogP contribution in [0.1, 0.15) is 59.4 Å². The number of rotatable bonds is 4. The first kappa shape index (κ1) is 15.8. The van der Waals surface area contributed by atoms with Crippen LogP contribution in [0.4, 0.5) is 0 Å². The summed E-state index contributed by atoms with van der Waals surface area (Å²) in [7, 11) is 2.16. The second kappa shape index (κ2) is 6.33. The van der Waals surface area contributed by atoms with Crippen LogP contribution in [0.5, 0.6) is 0 Å². The molecule has 0 radical (unpaired) electrons. The Morgan fingerprint density at radius 1 is 1.29 bits per heavy atom. The maximum Gasteiger partial charge on any atom is 0.129 e. The molecule has 130 valence electrons. The molecule has 0 N–H and O–H groups in total. The van der Waals surface area contributed by atoms with Crippen LogP contribution in [0.3, 0.4) is 0 Å². The Hall–Kier alpha value is -1.66. The Balaban J connectivity index is 1.61. The lowest BCUT2D eigenvalue weighted by molar-refractivity contribution is 0.00457. The van der Waals surface area contributed by atoms with E-state index in [2.05, 4.69) is 35.6 Å². The molecular formula is C18H26N4O2. The number of ether oxygens (including phenoxy) is 1. The molecule has 6 heteroatoms. The van der Waals surface area contributed by atoms with Crippen molar-refractivity contribution in [1.29, 1.82) is 0 Å². The third-order valence-corrected chi connectivity index (χ3v) is 5.65. The van der Waals surface area contributed by atoms with E-state index in [0.29, 0.717) is 12.0 Å². The summed E-state index contributed by atoms with van der Waals surface area (Å²) in [6.45, 7) is 7.51. The maximum absolute atomic E-state index is 5.70. The van der Waals surface area contributed by atoms with E-state index < -0.39 is 0 Å². The molecule has 2 fully saturated rings.